The van der Waals surface area contributed by atoms with Crippen molar-refractivity contribution in [1.82, 2.24) is 0 Å². The molecule has 0 heterocycles. The minimum atomic E-state index is -4.12. The third kappa shape index (κ3) is 4.34. The molecule has 0 aliphatic rings. The molecule has 0 radical (unpaired) electrons. The number of hydrogen-bond donors (Lipinski definition) is 1. The first-order valence-corrected chi connectivity index (χ1v) is 4.77. The number of rotatable bonds is 3. The number of alkyl halides is 3. The molecular weight excluding hydrogens is 203 g/mol. The van der Waals surface area contributed by atoms with Crippen LogP contribution in [0.5, 0.6) is 0 Å². The van der Waals surface area contributed by atoms with Gasteiger partial charge in [0, 0.05) is 12.5 Å². The Kier molecular flexibility index (Phi) is 3.74. The van der Waals surface area contributed by atoms with Gasteiger partial charge in [-0.1, -0.05) is 29.8 Å². The van der Waals surface area contributed by atoms with Crippen LogP contribution in [-0.2, 0) is 0 Å². The monoisotopic (exact) mass is 217 g/mol. The highest BCUT2D eigenvalue weighted by atomic mass is 19.4. The van der Waals surface area contributed by atoms with Crippen LogP contribution in [0, 0.1) is 6.92 Å². The fourth-order valence-corrected chi connectivity index (χ4v) is 1.30. The Balaban J connectivity index is 2.54. The van der Waals surface area contributed by atoms with Crippen molar-refractivity contribution in [2.75, 3.05) is 0 Å². The van der Waals surface area contributed by atoms with E-state index in [1.807, 2.05) is 19.1 Å². The lowest BCUT2D eigenvalue weighted by molar-refractivity contribution is -0.136. The summed E-state index contributed by atoms with van der Waals surface area (Å²) < 4.78 is 35.8. The number of aryl methyl sites for hydroxylation is 1. The van der Waals surface area contributed by atoms with Gasteiger partial charge in [-0.2, -0.15) is 13.2 Å². The largest absolute Gasteiger partial charge is 0.389 e. The molecule has 0 bridgehead atoms. The van der Waals surface area contributed by atoms with E-state index in [9.17, 15) is 13.2 Å². The highest BCUT2D eigenvalue weighted by Crippen LogP contribution is 2.26. The van der Waals surface area contributed by atoms with Crippen molar-refractivity contribution in [2.45, 2.75) is 32.0 Å². The summed E-state index contributed by atoms with van der Waals surface area (Å²) in [5.74, 6) is 0. The Morgan fingerprint density at radius 1 is 1.20 bits per heavy atom. The van der Waals surface area contributed by atoms with Crippen molar-refractivity contribution in [3.8, 4) is 0 Å². The van der Waals surface area contributed by atoms with Crippen molar-refractivity contribution < 1.29 is 13.2 Å². The minimum Gasteiger partial charge on any atom is -0.324 e. The lowest BCUT2D eigenvalue weighted by Gasteiger charge is -2.13. The SMILES string of the molecule is Cc1ccc([C@H](N)CCC(F)(F)F)cc1. The second kappa shape index (κ2) is 4.66. The molecule has 1 nitrogen and oxygen atoms in total. The van der Waals surface area contributed by atoms with E-state index in [-0.39, 0.29) is 6.42 Å². The Bertz CT molecular complexity index is 303. The molecule has 0 saturated heterocycles. The summed E-state index contributed by atoms with van der Waals surface area (Å²) in [4.78, 5) is 0. The Labute approximate surface area is 87.1 Å². The maximum Gasteiger partial charge on any atom is 0.389 e. The van der Waals surface area contributed by atoms with Crippen LogP contribution in [0.3, 0.4) is 0 Å². The van der Waals surface area contributed by atoms with Gasteiger partial charge in [-0.15, -0.1) is 0 Å². The van der Waals surface area contributed by atoms with Crippen LogP contribution in [0.15, 0.2) is 24.3 Å². The van der Waals surface area contributed by atoms with Gasteiger partial charge >= 0.3 is 6.18 Å². The molecule has 0 saturated carbocycles. The zero-order valence-electron chi connectivity index (χ0n) is 8.51. The Morgan fingerprint density at radius 3 is 2.20 bits per heavy atom. The van der Waals surface area contributed by atoms with E-state index in [1.165, 1.54) is 0 Å². The number of benzene rings is 1. The molecule has 0 unspecified atom stereocenters. The van der Waals surface area contributed by atoms with Crippen molar-refractivity contribution in [2.24, 2.45) is 5.73 Å². The maximum absolute atomic E-state index is 11.9. The summed E-state index contributed by atoms with van der Waals surface area (Å²) in [5.41, 5.74) is 7.48. The van der Waals surface area contributed by atoms with Gasteiger partial charge in [0.25, 0.3) is 0 Å². The molecule has 0 aromatic heterocycles. The molecule has 1 rings (SSSR count). The Morgan fingerprint density at radius 2 is 1.73 bits per heavy atom. The molecule has 0 aliphatic heterocycles. The fourth-order valence-electron chi connectivity index (χ4n) is 1.30. The average molecular weight is 217 g/mol. The first-order chi connectivity index (χ1) is 6.88. The van der Waals surface area contributed by atoms with Gasteiger partial charge in [0.05, 0.1) is 0 Å². The lowest BCUT2D eigenvalue weighted by Crippen LogP contribution is -2.15. The van der Waals surface area contributed by atoms with E-state index < -0.39 is 18.6 Å². The van der Waals surface area contributed by atoms with Crippen LogP contribution in [0.2, 0.25) is 0 Å². The Hall–Kier alpha value is -1.03. The molecule has 0 amide bonds. The summed E-state index contributed by atoms with van der Waals surface area (Å²) in [7, 11) is 0. The standard InChI is InChI=1S/C11H14F3N/c1-8-2-4-9(5-3-8)10(15)6-7-11(12,13)14/h2-5,10H,6-7,15H2,1H3/t10-/m1/s1. The van der Waals surface area contributed by atoms with Crippen LogP contribution in [-0.4, -0.2) is 6.18 Å². The third-order valence-corrected chi connectivity index (χ3v) is 2.24. The molecule has 0 fully saturated rings. The van der Waals surface area contributed by atoms with Crippen molar-refractivity contribution in [3.05, 3.63) is 35.4 Å². The van der Waals surface area contributed by atoms with Gasteiger partial charge in [-0.25, -0.2) is 0 Å². The zero-order valence-corrected chi connectivity index (χ0v) is 8.51. The number of nitrogens with two attached hydrogens (primary N) is 1. The first-order valence-electron chi connectivity index (χ1n) is 4.77. The molecule has 1 aromatic rings. The van der Waals surface area contributed by atoms with Gasteiger partial charge in [-0.05, 0) is 18.9 Å². The van der Waals surface area contributed by atoms with Crippen LogP contribution in [0.1, 0.15) is 30.0 Å². The second-order valence-corrected chi connectivity index (χ2v) is 3.67. The van der Waals surface area contributed by atoms with Crippen LogP contribution in [0.4, 0.5) is 13.2 Å². The summed E-state index contributed by atoms with van der Waals surface area (Å²) in [6, 6.07) is 6.71. The van der Waals surface area contributed by atoms with Gasteiger partial charge in [0.15, 0.2) is 0 Å². The van der Waals surface area contributed by atoms with Crippen LogP contribution >= 0.6 is 0 Å². The van der Waals surface area contributed by atoms with Gasteiger partial charge in [0.2, 0.25) is 0 Å². The average Bonchev–Trinajstić information content (AvgIpc) is 2.14. The summed E-state index contributed by atoms with van der Waals surface area (Å²) in [5, 5.41) is 0. The second-order valence-electron chi connectivity index (χ2n) is 3.67. The van der Waals surface area contributed by atoms with Gasteiger partial charge in [-0.3, -0.25) is 0 Å². The molecular formula is C11H14F3N. The van der Waals surface area contributed by atoms with E-state index in [0.29, 0.717) is 0 Å². The van der Waals surface area contributed by atoms with E-state index in [0.717, 1.165) is 11.1 Å². The highest BCUT2D eigenvalue weighted by molar-refractivity contribution is 5.23. The molecule has 15 heavy (non-hydrogen) atoms. The highest BCUT2D eigenvalue weighted by Gasteiger charge is 2.27. The summed E-state index contributed by atoms with van der Waals surface area (Å²) in [6.45, 7) is 1.92. The van der Waals surface area contributed by atoms with E-state index in [4.69, 9.17) is 5.73 Å². The quantitative estimate of drug-likeness (QED) is 0.825. The normalized spacial score (nSPS) is 13.9. The van der Waals surface area contributed by atoms with Crippen LogP contribution < -0.4 is 5.73 Å². The molecule has 1 aromatic carbocycles. The van der Waals surface area contributed by atoms with Crippen molar-refractivity contribution in [1.29, 1.82) is 0 Å². The van der Waals surface area contributed by atoms with Crippen molar-refractivity contribution in [3.63, 3.8) is 0 Å². The molecule has 84 valence electrons. The topological polar surface area (TPSA) is 26.0 Å². The number of halogens is 3. The molecule has 4 heteroatoms. The van der Waals surface area contributed by atoms with Crippen LogP contribution in [0.25, 0.3) is 0 Å². The molecule has 2 N–H and O–H groups in total. The van der Waals surface area contributed by atoms with Gasteiger partial charge in [0.1, 0.15) is 0 Å². The molecule has 1 atom stereocenters. The predicted molar refractivity (Wildman–Crippen MR) is 53.4 cm³/mol. The lowest BCUT2D eigenvalue weighted by atomic mass is 10.0. The fraction of sp³-hybridized carbons (Fsp3) is 0.455. The summed E-state index contributed by atoms with van der Waals surface area (Å²) >= 11 is 0. The first kappa shape index (κ1) is 12.0. The minimum absolute atomic E-state index is 0.0629. The van der Waals surface area contributed by atoms with E-state index in [1.54, 1.807) is 12.1 Å². The third-order valence-electron chi connectivity index (χ3n) is 2.24. The van der Waals surface area contributed by atoms with E-state index in [2.05, 4.69) is 0 Å². The van der Waals surface area contributed by atoms with Gasteiger partial charge < -0.3 is 5.73 Å². The zero-order chi connectivity index (χ0) is 11.5. The van der Waals surface area contributed by atoms with Crippen molar-refractivity contribution >= 4 is 0 Å². The predicted octanol–water partition coefficient (Wildman–Crippen LogP) is 3.34. The molecule has 0 aliphatic carbocycles. The number of hydrogen-bond acceptors (Lipinski definition) is 1. The molecule has 0 spiro atoms. The van der Waals surface area contributed by atoms with E-state index >= 15 is 0 Å². The summed E-state index contributed by atoms with van der Waals surface area (Å²) in [6.07, 6.45) is -5.02. The smallest absolute Gasteiger partial charge is 0.324 e. The maximum atomic E-state index is 11.9.